The second-order valence-corrected chi connectivity index (χ2v) is 8.54. The molecule has 8 nitrogen and oxygen atoms in total. The molecule has 0 unspecified atom stereocenters. The summed E-state index contributed by atoms with van der Waals surface area (Å²) in [5.74, 6) is -1.18. The molecule has 8 heteroatoms. The van der Waals surface area contributed by atoms with Gasteiger partial charge in [0, 0.05) is 29.9 Å². The number of methoxy groups -OCH3 is 1. The van der Waals surface area contributed by atoms with Gasteiger partial charge in [0.15, 0.2) is 5.78 Å². The predicted molar refractivity (Wildman–Crippen MR) is 128 cm³/mol. The van der Waals surface area contributed by atoms with Crippen molar-refractivity contribution in [2.45, 2.75) is 45.2 Å². The topological polar surface area (TPSA) is 114 Å². The number of likely N-dealkylation sites (N-methyl/N-ethyl adjacent to an activating group) is 1. The molecule has 0 aromatic heterocycles. The van der Waals surface area contributed by atoms with Crippen molar-refractivity contribution in [1.29, 1.82) is 0 Å². The quantitative estimate of drug-likeness (QED) is 0.578. The first kappa shape index (κ1) is 25.2. The second kappa shape index (κ2) is 11.2. The van der Waals surface area contributed by atoms with E-state index < -0.39 is 29.9 Å². The lowest BCUT2D eigenvalue weighted by atomic mass is 9.90. The van der Waals surface area contributed by atoms with Crippen LogP contribution in [0, 0.1) is 5.92 Å². The van der Waals surface area contributed by atoms with Gasteiger partial charge in [0.2, 0.25) is 5.91 Å². The highest BCUT2D eigenvalue weighted by molar-refractivity contribution is 5.92. The van der Waals surface area contributed by atoms with Crippen molar-refractivity contribution in [3.05, 3.63) is 47.5 Å². The lowest BCUT2D eigenvalue weighted by Gasteiger charge is -2.23. The summed E-state index contributed by atoms with van der Waals surface area (Å²) in [6, 6.07) is 8.87. The minimum Gasteiger partial charge on any atom is -0.507 e. The number of hydrogen-bond acceptors (Lipinski definition) is 7. The molecule has 4 bridgehead atoms. The van der Waals surface area contributed by atoms with Crippen LogP contribution in [0.5, 0.6) is 11.5 Å². The zero-order valence-corrected chi connectivity index (χ0v) is 20.0. The van der Waals surface area contributed by atoms with E-state index in [-0.39, 0.29) is 24.4 Å². The number of phenols is 1. The van der Waals surface area contributed by atoms with Gasteiger partial charge in [-0.15, -0.1) is 0 Å². The van der Waals surface area contributed by atoms with Crippen molar-refractivity contribution in [3.63, 3.8) is 0 Å². The summed E-state index contributed by atoms with van der Waals surface area (Å²) in [6.45, 7) is 4.16. The summed E-state index contributed by atoms with van der Waals surface area (Å²) >= 11 is 0. The number of Topliss-reactive ketones (excluding diaryl/α,β-unsaturated/α-hetero) is 1. The first-order valence-electron chi connectivity index (χ1n) is 11.5. The number of benzene rings is 2. The highest BCUT2D eigenvalue weighted by Crippen LogP contribution is 2.39. The van der Waals surface area contributed by atoms with Crippen molar-refractivity contribution in [2.24, 2.45) is 5.92 Å². The number of carbonyl (C=O) groups is 3. The first-order valence-corrected chi connectivity index (χ1v) is 11.5. The van der Waals surface area contributed by atoms with E-state index in [1.807, 2.05) is 19.1 Å². The third-order valence-corrected chi connectivity index (χ3v) is 5.96. The summed E-state index contributed by atoms with van der Waals surface area (Å²) < 4.78 is 10.8. The number of rotatable bonds is 5. The van der Waals surface area contributed by atoms with Gasteiger partial charge in [0.1, 0.15) is 17.5 Å². The zero-order chi connectivity index (χ0) is 24.8. The minimum atomic E-state index is -0.933. The van der Waals surface area contributed by atoms with Gasteiger partial charge in [0.05, 0.1) is 19.8 Å². The minimum absolute atomic E-state index is 0.00873. The van der Waals surface area contributed by atoms with Gasteiger partial charge in [-0.2, -0.15) is 0 Å². The largest absolute Gasteiger partial charge is 0.507 e. The van der Waals surface area contributed by atoms with Crippen molar-refractivity contribution in [3.8, 4) is 22.6 Å². The average Bonchev–Trinajstić information content (AvgIpc) is 2.83. The zero-order valence-electron chi connectivity index (χ0n) is 20.0. The van der Waals surface area contributed by atoms with Crippen molar-refractivity contribution >= 4 is 17.7 Å². The Hall–Kier alpha value is -3.39. The van der Waals surface area contributed by atoms with Crippen molar-refractivity contribution in [1.82, 2.24) is 10.6 Å². The molecule has 1 aliphatic heterocycles. The Morgan fingerprint density at radius 1 is 1.15 bits per heavy atom. The summed E-state index contributed by atoms with van der Waals surface area (Å²) in [5, 5.41) is 16.5. The number of carbonyl (C=O) groups excluding carboxylic acids is 3. The molecule has 0 saturated carbocycles. The SMILES string of the molecule is CCCOc1ccc2cc1-c1cc(ccc1O)C[C@@H](C(=O)OC)NC(=O)[C@H](C)CC(=O)[C@H]2NC. The van der Waals surface area contributed by atoms with Gasteiger partial charge in [-0.3, -0.25) is 9.59 Å². The lowest BCUT2D eigenvalue weighted by Crippen LogP contribution is -2.45. The van der Waals surface area contributed by atoms with E-state index >= 15 is 0 Å². The number of nitrogens with one attached hydrogen (secondary N) is 2. The Morgan fingerprint density at radius 3 is 2.59 bits per heavy atom. The molecule has 1 aliphatic rings. The highest BCUT2D eigenvalue weighted by Gasteiger charge is 2.29. The number of esters is 1. The van der Waals surface area contributed by atoms with Crippen molar-refractivity contribution in [2.75, 3.05) is 20.8 Å². The highest BCUT2D eigenvalue weighted by atomic mass is 16.5. The number of phenolic OH excluding ortho intramolecular Hbond substituents is 1. The van der Waals surface area contributed by atoms with E-state index in [0.717, 1.165) is 12.0 Å². The number of ether oxygens (including phenoxy) is 2. The van der Waals surface area contributed by atoms with E-state index in [0.29, 0.717) is 29.0 Å². The smallest absolute Gasteiger partial charge is 0.328 e. The van der Waals surface area contributed by atoms with Gasteiger partial charge in [-0.05, 0) is 48.9 Å². The number of ketones is 1. The van der Waals surface area contributed by atoms with Crippen molar-refractivity contribution < 1.29 is 29.0 Å². The van der Waals surface area contributed by atoms with Gasteiger partial charge < -0.3 is 25.2 Å². The number of aromatic hydroxyl groups is 1. The van der Waals surface area contributed by atoms with Crippen LogP contribution in [-0.2, 0) is 25.5 Å². The van der Waals surface area contributed by atoms with Crippen LogP contribution in [0.25, 0.3) is 11.1 Å². The first-order chi connectivity index (χ1) is 16.3. The Bertz CT molecular complexity index is 1070. The number of fused-ring (bicyclic) bond motifs is 5. The fraction of sp³-hybridized carbons (Fsp3) is 0.423. The molecule has 2 aromatic carbocycles. The van der Waals surface area contributed by atoms with Gasteiger partial charge >= 0.3 is 5.97 Å². The molecule has 0 radical (unpaired) electrons. The summed E-state index contributed by atoms with van der Waals surface area (Å²) in [7, 11) is 2.94. The maximum absolute atomic E-state index is 13.1. The van der Waals surface area contributed by atoms with E-state index in [9.17, 15) is 19.5 Å². The molecule has 0 fully saturated rings. The predicted octanol–water partition coefficient (Wildman–Crippen LogP) is 2.92. The van der Waals surface area contributed by atoms with Crippen LogP contribution in [0.1, 0.15) is 43.9 Å². The monoisotopic (exact) mass is 468 g/mol. The van der Waals surface area contributed by atoms with E-state index in [1.165, 1.54) is 7.11 Å². The van der Waals surface area contributed by atoms with Crippen LogP contribution < -0.4 is 15.4 Å². The molecule has 0 spiro atoms. The fourth-order valence-corrected chi connectivity index (χ4v) is 4.11. The van der Waals surface area contributed by atoms with Gasteiger partial charge in [-0.25, -0.2) is 4.79 Å². The van der Waals surface area contributed by atoms with Crippen LogP contribution in [0.4, 0.5) is 0 Å². The molecule has 3 atom stereocenters. The summed E-state index contributed by atoms with van der Waals surface area (Å²) in [5.41, 5.74) is 2.57. The van der Waals surface area contributed by atoms with Crippen LogP contribution >= 0.6 is 0 Å². The van der Waals surface area contributed by atoms with E-state index in [1.54, 1.807) is 38.2 Å². The van der Waals surface area contributed by atoms with Gasteiger partial charge in [0.25, 0.3) is 0 Å². The Labute approximate surface area is 199 Å². The number of amides is 1. The molecule has 3 rings (SSSR count). The summed E-state index contributed by atoms with van der Waals surface area (Å²) in [6.07, 6.45) is 0.963. The molecule has 1 heterocycles. The fourth-order valence-electron chi connectivity index (χ4n) is 4.11. The maximum atomic E-state index is 13.1. The molecule has 1 amide bonds. The van der Waals surface area contributed by atoms with Gasteiger partial charge in [-0.1, -0.05) is 26.0 Å². The molecule has 182 valence electrons. The second-order valence-electron chi connectivity index (χ2n) is 8.54. The maximum Gasteiger partial charge on any atom is 0.328 e. The number of hydrogen-bond donors (Lipinski definition) is 3. The third-order valence-electron chi connectivity index (χ3n) is 5.96. The van der Waals surface area contributed by atoms with E-state index in [4.69, 9.17) is 9.47 Å². The standard InChI is InChI=1S/C26H32N2O6/c1-5-10-34-23-9-7-17-14-19(23)18-12-16(6-8-21(18)29)13-20(26(32)33-4)28-25(31)15(2)11-22(30)24(17)27-3/h6-9,12,14-15,20,24,27,29H,5,10-11,13H2,1-4H3,(H,28,31)/t15-,20+,24+/m1/s1. The Morgan fingerprint density at radius 2 is 1.91 bits per heavy atom. The Kier molecular flexibility index (Phi) is 8.28. The molecule has 34 heavy (non-hydrogen) atoms. The van der Waals surface area contributed by atoms with E-state index in [2.05, 4.69) is 10.6 Å². The molecule has 0 saturated heterocycles. The molecule has 2 aromatic rings. The lowest BCUT2D eigenvalue weighted by molar-refractivity contribution is -0.145. The molecule has 3 N–H and O–H groups in total. The molecular formula is C26H32N2O6. The average molecular weight is 469 g/mol. The summed E-state index contributed by atoms with van der Waals surface area (Å²) in [4.78, 5) is 38.4. The third kappa shape index (κ3) is 5.56. The molecular weight excluding hydrogens is 436 g/mol. The normalized spacial score (nSPS) is 20.8. The van der Waals surface area contributed by atoms with Crippen LogP contribution in [0.3, 0.4) is 0 Å². The van der Waals surface area contributed by atoms with Crippen LogP contribution in [0.15, 0.2) is 36.4 Å². The van der Waals surface area contributed by atoms with Crippen LogP contribution in [-0.4, -0.2) is 49.6 Å². The van der Waals surface area contributed by atoms with Crippen LogP contribution in [0.2, 0.25) is 0 Å². The molecule has 0 aliphatic carbocycles. The Balaban J connectivity index is 2.20.